The van der Waals surface area contributed by atoms with E-state index in [1.165, 1.54) is 0 Å². The van der Waals surface area contributed by atoms with Gasteiger partial charge in [-0.3, -0.25) is 9.69 Å². The molecule has 1 heterocycles. The van der Waals surface area contributed by atoms with E-state index in [0.29, 0.717) is 6.61 Å². The fourth-order valence-corrected chi connectivity index (χ4v) is 3.25. The predicted octanol–water partition coefficient (Wildman–Crippen LogP) is 3.29. The molecule has 0 saturated carbocycles. The number of amides is 1. The topological polar surface area (TPSA) is 50.8 Å². The summed E-state index contributed by atoms with van der Waals surface area (Å²) in [5.74, 6) is 0.662. The number of hydrogen-bond acceptors (Lipinski definition) is 4. The molecule has 1 saturated heterocycles. The molecule has 0 unspecified atom stereocenters. The first-order chi connectivity index (χ1) is 13.8. The van der Waals surface area contributed by atoms with Gasteiger partial charge >= 0.3 is 0 Å². The Kier molecular flexibility index (Phi) is 7.64. The van der Waals surface area contributed by atoms with Crippen LogP contribution in [0.4, 0.5) is 0 Å². The third kappa shape index (κ3) is 5.94. The Morgan fingerprint density at radius 1 is 1.14 bits per heavy atom. The maximum absolute atomic E-state index is 12.6. The van der Waals surface area contributed by atoms with Crippen molar-refractivity contribution in [1.82, 2.24) is 10.2 Å². The van der Waals surface area contributed by atoms with Gasteiger partial charge in [-0.05, 0) is 24.6 Å². The molecule has 28 heavy (non-hydrogen) atoms. The zero-order valence-electron chi connectivity index (χ0n) is 16.3. The highest BCUT2D eigenvalue weighted by molar-refractivity contribution is 5.92. The molecule has 5 nitrogen and oxygen atoms in total. The third-order valence-corrected chi connectivity index (χ3v) is 4.70. The summed E-state index contributed by atoms with van der Waals surface area (Å²) in [6, 6.07) is 17.7. The fourth-order valence-electron chi connectivity index (χ4n) is 3.25. The van der Waals surface area contributed by atoms with Gasteiger partial charge in [0.2, 0.25) is 5.91 Å². The van der Waals surface area contributed by atoms with Crippen molar-refractivity contribution in [3.8, 4) is 5.75 Å². The minimum absolute atomic E-state index is 0.0708. The molecule has 0 aromatic heterocycles. The molecule has 1 fully saturated rings. The van der Waals surface area contributed by atoms with E-state index >= 15 is 0 Å². The van der Waals surface area contributed by atoms with Crippen LogP contribution in [0, 0.1) is 0 Å². The van der Waals surface area contributed by atoms with Gasteiger partial charge in [0.25, 0.3) is 0 Å². The van der Waals surface area contributed by atoms with E-state index in [9.17, 15) is 4.79 Å². The van der Waals surface area contributed by atoms with Crippen LogP contribution >= 0.6 is 0 Å². The first-order valence-corrected chi connectivity index (χ1v) is 9.81. The molecule has 148 valence electrons. The van der Waals surface area contributed by atoms with Crippen LogP contribution in [0.15, 0.2) is 60.7 Å². The molecule has 2 aromatic rings. The van der Waals surface area contributed by atoms with Crippen molar-refractivity contribution in [2.75, 3.05) is 39.5 Å². The molecule has 1 aliphatic rings. The first kappa shape index (κ1) is 20.1. The zero-order valence-corrected chi connectivity index (χ0v) is 16.3. The Bertz CT molecular complexity index is 770. The Morgan fingerprint density at radius 3 is 2.61 bits per heavy atom. The summed E-state index contributed by atoms with van der Waals surface area (Å²) in [4.78, 5) is 15.0. The van der Waals surface area contributed by atoms with Gasteiger partial charge in [-0.1, -0.05) is 48.5 Å². The van der Waals surface area contributed by atoms with Gasteiger partial charge in [0.1, 0.15) is 5.75 Å². The lowest BCUT2D eigenvalue weighted by Crippen LogP contribution is -2.42. The van der Waals surface area contributed by atoms with Crippen molar-refractivity contribution in [3.05, 3.63) is 71.8 Å². The van der Waals surface area contributed by atoms with Gasteiger partial charge in [0.15, 0.2) is 0 Å². The van der Waals surface area contributed by atoms with E-state index in [1.807, 2.05) is 49.4 Å². The van der Waals surface area contributed by atoms with Gasteiger partial charge in [-0.25, -0.2) is 0 Å². The van der Waals surface area contributed by atoms with Crippen molar-refractivity contribution in [2.45, 2.75) is 13.0 Å². The van der Waals surface area contributed by atoms with Crippen molar-refractivity contribution >= 4 is 12.0 Å². The summed E-state index contributed by atoms with van der Waals surface area (Å²) >= 11 is 0. The molecule has 0 aliphatic carbocycles. The molecule has 0 radical (unpaired) electrons. The lowest BCUT2D eigenvalue weighted by molar-refractivity contribution is -0.117. The predicted molar refractivity (Wildman–Crippen MR) is 111 cm³/mol. The maximum Gasteiger partial charge on any atom is 0.244 e. The van der Waals surface area contributed by atoms with Gasteiger partial charge in [0, 0.05) is 31.3 Å². The molecular weight excluding hydrogens is 352 g/mol. The van der Waals surface area contributed by atoms with Crippen molar-refractivity contribution < 1.29 is 14.3 Å². The summed E-state index contributed by atoms with van der Waals surface area (Å²) in [6.45, 7) is 6.55. The Labute approximate surface area is 167 Å². The smallest absolute Gasteiger partial charge is 0.244 e. The van der Waals surface area contributed by atoms with Crippen molar-refractivity contribution in [1.29, 1.82) is 0 Å². The standard InChI is InChI=1S/C23H28N2O3/c1-2-28-22-11-7-6-10-20(22)12-13-23(26)24-21(19-8-4-3-5-9-19)18-25-14-16-27-17-15-25/h3-13,21H,2,14-18H2,1H3,(H,24,26)/b13-12+/t21-/m1/s1. The number of para-hydroxylation sites is 1. The van der Waals surface area contributed by atoms with E-state index in [-0.39, 0.29) is 11.9 Å². The highest BCUT2D eigenvalue weighted by atomic mass is 16.5. The molecular formula is C23H28N2O3. The van der Waals surface area contributed by atoms with Crippen LogP contribution in [0.2, 0.25) is 0 Å². The molecule has 2 aromatic carbocycles. The lowest BCUT2D eigenvalue weighted by atomic mass is 10.1. The Morgan fingerprint density at radius 2 is 1.86 bits per heavy atom. The highest BCUT2D eigenvalue weighted by Gasteiger charge is 2.19. The number of nitrogens with zero attached hydrogens (tertiary/aromatic N) is 1. The maximum atomic E-state index is 12.6. The Balaban J connectivity index is 1.68. The molecule has 1 amide bonds. The number of rotatable bonds is 8. The highest BCUT2D eigenvalue weighted by Crippen LogP contribution is 2.20. The van der Waals surface area contributed by atoms with Crippen LogP contribution in [-0.2, 0) is 9.53 Å². The average molecular weight is 380 g/mol. The molecule has 1 N–H and O–H groups in total. The Hall–Kier alpha value is -2.63. The normalized spacial score (nSPS) is 16.0. The summed E-state index contributed by atoms with van der Waals surface area (Å²) in [7, 11) is 0. The summed E-state index contributed by atoms with van der Waals surface area (Å²) in [6.07, 6.45) is 3.38. The van der Waals surface area contributed by atoms with Crippen LogP contribution in [0.25, 0.3) is 6.08 Å². The second kappa shape index (κ2) is 10.6. The first-order valence-electron chi connectivity index (χ1n) is 9.81. The number of ether oxygens (including phenoxy) is 2. The minimum atomic E-state index is -0.117. The molecule has 0 spiro atoms. The number of carbonyl (C=O) groups is 1. The third-order valence-electron chi connectivity index (χ3n) is 4.70. The second-order valence-corrected chi connectivity index (χ2v) is 6.69. The van der Waals surface area contributed by atoms with Gasteiger partial charge in [-0.2, -0.15) is 0 Å². The number of carbonyl (C=O) groups excluding carboxylic acids is 1. The molecule has 1 aliphatic heterocycles. The van der Waals surface area contributed by atoms with E-state index in [4.69, 9.17) is 9.47 Å². The number of nitrogens with one attached hydrogen (secondary N) is 1. The van der Waals surface area contributed by atoms with Crippen LogP contribution in [0.1, 0.15) is 24.1 Å². The molecule has 3 rings (SSSR count). The van der Waals surface area contributed by atoms with Crippen molar-refractivity contribution in [3.63, 3.8) is 0 Å². The fraction of sp³-hybridized carbons (Fsp3) is 0.348. The van der Waals surface area contributed by atoms with Crippen LogP contribution in [0.5, 0.6) is 5.75 Å². The van der Waals surface area contributed by atoms with E-state index in [1.54, 1.807) is 12.2 Å². The van der Waals surface area contributed by atoms with E-state index in [0.717, 1.165) is 49.7 Å². The average Bonchev–Trinajstić information content (AvgIpc) is 2.74. The van der Waals surface area contributed by atoms with Crippen LogP contribution in [-0.4, -0.2) is 50.3 Å². The SMILES string of the molecule is CCOc1ccccc1/C=C/C(=O)N[C@H](CN1CCOCC1)c1ccccc1. The summed E-state index contributed by atoms with van der Waals surface area (Å²) in [5.41, 5.74) is 1.99. The van der Waals surface area contributed by atoms with Crippen molar-refractivity contribution in [2.24, 2.45) is 0 Å². The quantitative estimate of drug-likeness (QED) is 0.714. The lowest BCUT2D eigenvalue weighted by Gasteiger charge is -2.31. The van der Waals surface area contributed by atoms with Crippen LogP contribution in [0.3, 0.4) is 0 Å². The second-order valence-electron chi connectivity index (χ2n) is 6.69. The largest absolute Gasteiger partial charge is 0.493 e. The minimum Gasteiger partial charge on any atom is -0.493 e. The van der Waals surface area contributed by atoms with E-state index < -0.39 is 0 Å². The number of hydrogen-bond donors (Lipinski definition) is 1. The monoisotopic (exact) mass is 380 g/mol. The van der Waals surface area contributed by atoms with E-state index in [2.05, 4.69) is 22.3 Å². The molecule has 1 atom stereocenters. The van der Waals surface area contributed by atoms with Gasteiger partial charge in [0.05, 0.1) is 25.9 Å². The van der Waals surface area contributed by atoms with Gasteiger partial charge in [-0.15, -0.1) is 0 Å². The summed E-state index contributed by atoms with van der Waals surface area (Å²) < 4.78 is 11.1. The number of morpholine rings is 1. The zero-order chi connectivity index (χ0) is 19.6. The summed E-state index contributed by atoms with van der Waals surface area (Å²) in [5, 5.41) is 3.15. The molecule has 5 heteroatoms. The molecule has 0 bridgehead atoms. The number of benzene rings is 2. The van der Waals surface area contributed by atoms with Gasteiger partial charge < -0.3 is 14.8 Å². The van der Waals surface area contributed by atoms with Crippen LogP contribution < -0.4 is 10.1 Å².